The predicted octanol–water partition coefficient (Wildman–Crippen LogP) is 1.83. The van der Waals surface area contributed by atoms with Crippen LogP contribution in [0.25, 0.3) is 5.52 Å². The van der Waals surface area contributed by atoms with Gasteiger partial charge in [0.15, 0.2) is 5.78 Å². The SMILES string of the molecule is C[C@@H](O)CNC(=O)c1c2c(n3ccccc13)C(=O)c1ccccc1C2=O. The quantitative estimate of drug-likeness (QED) is 0.591. The first-order chi connectivity index (χ1) is 12.5. The molecule has 130 valence electrons. The van der Waals surface area contributed by atoms with Crippen LogP contribution < -0.4 is 5.32 Å². The summed E-state index contributed by atoms with van der Waals surface area (Å²) < 4.78 is 1.59. The number of pyridine rings is 1. The summed E-state index contributed by atoms with van der Waals surface area (Å²) in [4.78, 5) is 38.9. The number of nitrogens with one attached hydrogen (secondary N) is 1. The van der Waals surface area contributed by atoms with Gasteiger partial charge in [-0.15, -0.1) is 0 Å². The Morgan fingerprint density at radius 2 is 1.73 bits per heavy atom. The van der Waals surface area contributed by atoms with E-state index in [0.29, 0.717) is 16.6 Å². The molecule has 3 aromatic rings. The monoisotopic (exact) mass is 348 g/mol. The number of aromatic nitrogens is 1. The van der Waals surface area contributed by atoms with Crippen molar-refractivity contribution in [3.05, 3.63) is 76.6 Å². The summed E-state index contributed by atoms with van der Waals surface area (Å²) in [6, 6.07) is 11.8. The fourth-order valence-corrected chi connectivity index (χ4v) is 3.35. The second-order valence-electron chi connectivity index (χ2n) is 6.32. The summed E-state index contributed by atoms with van der Waals surface area (Å²) in [6.07, 6.45) is 0.945. The van der Waals surface area contributed by atoms with E-state index in [1.54, 1.807) is 60.0 Å². The molecule has 6 heteroatoms. The molecule has 1 atom stereocenters. The van der Waals surface area contributed by atoms with Crippen molar-refractivity contribution < 1.29 is 19.5 Å². The van der Waals surface area contributed by atoms with Crippen LogP contribution in [0, 0.1) is 0 Å². The molecule has 0 aliphatic heterocycles. The third-order valence-corrected chi connectivity index (χ3v) is 4.49. The molecule has 1 aromatic carbocycles. The van der Waals surface area contributed by atoms with Crippen LogP contribution in [0.5, 0.6) is 0 Å². The lowest BCUT2D eigenvalue weighted by atomic mass is 9.86. The van der Waals surface area contributed by atoms with Crippen molar-refractivity contribution in [1.82, 2.24) is 9.72 Å². The minimum Gasteiger partial charge on any atom is -0.392 e. The number of hydrogen-bond donors (Lipinski definition) is 2. The van der Waals surface area contributed by atoms with Gasteiger partial charge in [-0.25, -0.2) is 0 Å². The van der Waals surface area contributed by atoms with E-state index in [4.69, 9.17) is 0 Å². The minimum atomic E-state index is -0.721. The number of fused-ring (bicyclic) bond motifs is 4. The lowest BCUT2D eigenvalue weighted by molar-refractivity contribution is 0.0916. The van der Waals surface area contributed by atoms with Gasteiger partial charge in [-0.1, -0.05) is 30.3 Å². The maximum absolute atomic E-state index is 13.1. The number of carbonyl (C=O) groups is 3. The lowest BCUT2D eigenvalue weighted by Gasteiger charge is -2.15. The van der Waals surface area contributed by atoms with Gasteiger partial charge in [0.25, 0.3) is 5.91 Å². The zero-order valence-electron chi connectivity index (χ0n) is 14.0. The van der Waals surface area contributed by atoms with Crippen molar-refractivity contribution in [3.8, 4) is 0 Å². The Morgan fingerprint density at radius 1 is 1.08 bits per heavy atom. The van der Waals surface area contributed by atoms with Crippen LogP contribution in [0.2, 0.25) is 0 Å². The first kappa shape index (κ1) is 16.2. The highest BCUT2D eigenvalue weighted by atomic mass is 16.3. The van der Waals surface area contributed by atoms with Gasteiger partial charge in [0.05, 0.1) is 22.7 Å². The largest absolute Gasteiger partial charge is 0.392 e. The van der Waals surface area contributed by atoms with Gasteiger partial charge in [0.1, 0.15) is 5.69 Å². The molecule has 0 fully saturated rings. The van der Waals surface area contributed by atoms with E-state index in [-0.39, 0.29) is 34.9 Å². The molecule has 1 aliphatic carbocycles. The van der Waals surface area contributed by atoms with E-state index in [2.05, 4.69) is 5.32 Å². The summed E-state index contributed by atoms with van der Waals surface area (Å²) in [5, 5.41) is 12.1. The number of carbonyl (C=O) groups excluding carboxylic acids is 3. The zero-order chi connectivity index (χ0) is 18.4. The molecular weight excluding hydrogens is 332 g/mol. The van der Waals surface area contributed by atoms with Crippen LogP contribution in [0.15, 0.2) is 48.7 Å². The third kappa shape index (κ3) is 2.27. The number of aliphatic hydroxyl groups excluding tert-OH is 1. The predicted molar refractivity (Wildman–Crippen MR) is 94.7 cm³/mol. The van der Waals surface area contributed by atoms with Crippen LogP contribution in [-0.4, -0.2) is 39.6 Å². The topological polar surface area (TPSA) is 87.9 Å². The van der Waals surface area contributed by atoms with Gasteiger partial charge >= 0.3 is 0 Å². The van der Waals surface area contributed by atoms with E-state index in [1.165, 1.54) is 0 Å². The highest BCUT2D eigenvalue weighted by Crippen LogP contribution is 2.33. The molecule has 2 N–H and O–H groups in total. The average Bonchev–Trinajstić information content (AvgIpc) is 3.00. The number of hydrogen-bond acceptors (Lipinski definition) is 4. The van der Waals surface area contributed by atoms with Crippen molar-refractivity contribution in [2.45, 2.75) is 13.0 Å². The number of benzene rings is 1. The molecule has 0 radical (unpaired) electrons. The Labute approximate surface area is 149 Å². The number of ketones is 2. The number of amides is 1. The fourth-order valence-electron chi connectivity index (χ4n) is 3.35. The Balaban J connectivity index is 1.99. The molecule has 2 heterocycles. The van der Waals surface area contributed by atoms with Gasteiger partial charge in [0, 0.05) is 23.9 Å². The fraction of sp³-hybridized carbons (Fsp3) is 0.150. The summed E-state index contributed by atoms with van der Waals surface area (Å²) in [7, 11) is 0. The molecular formula is C20H16N2O4. The van der Waals surface area contributed by atoms with E-state index in [1.807, 2.05) is 0 Å². The standard InChI is InChI=1S/C20H16N2O4/c1-11(23)10-21-20(26)15-14-8-4-5-9-22(14)17-16(15)18(24)12-6-2-3-7-13(12)19(17)25/h2-9,11,23H,10H2,1H3,(H,21,26)/t11-/m1/s1. The van der Waals surface area contributed by atoms with E-state index in [9.17, 15) is 19.5 Å². The summed E-state index contributed by atoms with van der Waals surface area (Å²) in [5.41, 5.74) is 1.59. The second kappa shape index (κ2) is 5.93. The first-order valence-electron chi connectivity index (χ1n) is 8.28. The maximum Gasteiger partial charge on any atom is 0.254 e. The molecule has 0 bridgehead atoms. The van der Waals surface area contributed by atoms with Crippen molar-refractivity contribution in [2.24, 2.45) is 0 Å². The molecule has 0 saturated heterocycles. The van der Waals surface area contributed by atoms with E-state index in [0.717, 1.165) is 0 Å². The molecule has 1 aliphatic rings. The highest BCUT2D eigenvalue weighted by molar-refractivity contribution is 6.32. The molecule has 2 aromatic heterocycles. The van der Waals surface area contributed by atoms with Gasteiger partial charge < -0.3 is 14.8 Å². The van der Waals surface area contributed by atoms with E-state index >= 15 is 0 Å². The summed E-state index contributed by atoms with van der Waals surface area (Å²) >= 11 is 0. The van der Waals surface area contributed by atoms with Crippen molar-refractivity contribution in [3.63, 3.8) is 0 Å². The number of aliphatic hydroxyl groups is 1. The van der Waals surface area contributed by atoms with Gasteiger partial charge in [0.2, 0.25) is 5.78 Å². The normalized spacial score (nSPS) is 14.1. The molecule has 26 heavy (non-hydrogen) atoms. The highest BCUT2D eigenvalue weighted by Gasteiger charge is 2.37. The molecule has 6 nitrogen and oxygen atoms in total. The number of rotatable bonds is 3. The third-order valence-electron chi connectivity index (χ3n) is 4.49. The molecule has 0 saturated carbocycles. The molecule has 0 unspecified atom stereocenters. The Morgan fingerprint density at radius 3 is 2.42 bits per heavy atom. The Hall–Kier alpha value is -3.25. The van der Waals surface area contributed by atoms with Crippen LogP contribution in [0.3, 0.4) is 0 Å². The van der Waals surface area contributed by atoms with Crippen LogP contribution >= 0.6 is 0 Å². The van der Waals surface area contributed by atoms with Gasteiger partial charge in [-0.2, -0.15) is 0 Å². The Kier molecular flexibility index (Phi) is 3.70. The summed E-state index contributed by atoms with van der Waals surface area (Å²) in [5.74, 6) is -1.12. The minimum absolute atomic E-state index is 0.0521. The van der Waals surface area contributed by atoms with Crippen LogP contribution in [0.4, 0.5) is 0 Å². The van der Waals surface area contributed by atoms with Crippen LogP contribution in [-0.2, 0) is 0 Å². The zero-order valence-corrected chi connectivity index (χ0v) is 14.0. The van der Waals surface area contributed by atoms with Crippen molar-refractivity contribution >= 4 is 23.0 Å². The first-order valence-corrected chi connectivity index (χ1v) is 8.28. The maximum atomic E-state index is 13.1. The average molecular weight is 348 g/mol. The molecule has 1 amide bonds. The molecule has 0 spiro atoms. The second-order valence-corrected chi connectivity index (χ2v) is 6.32. The van der Waals surface area contributed by atoms with Gasteiger partial charge in [-0.3, -0.25) is 14.4 Å². The Bertz CT molecular complexity index is 1080. The summed E-state index contributed by atoms with van der Waals surface area (Å²) in [6.45, 7) is 1.61. The number of nitrogens with zero attached hydrogens (tertiary/aromatic N) is 1. The molecule has 4 rings (SSSR count). The van der Waals surface area contributed by atoms with Crippen LogP contribution in [0.1, 0.15) is 49.3 Å². The van der Waals surface area contributed by atoms with Gasteiger partial charge in [-0.05, 0) is 19.1 Å². The van der Waals surface area contributed by atoms with E-state index < -0.39 is 12.0 Å². The smallest absolute Gasteiger partial charge is 0.254 e. The lowest BCUT2D eigenvalue weighted by Crippen LogP contribution is -2.32. The van der Waals surface area contributed by atoms with Crippen molar-refractivity contribution in [2.75, 3.05) is 6.54 Å². The van der Waals surface area contributed by atoms with Crippen molar-refractivity contribution in [1.29, 1.82) is 0 Å².